The quantitative estimate of drug-likeness (QED) is 0.791. The maximum atomic E-state index is 12.1. The van der Waals surface area contributed by atoms with Crippen molar-refractivity contribution in [3.8, 4) is 5.75 Å². The normalized spacial score (nSPS) is 11.1. The number of nitrogens with zero attached hydrogens (tertiary/aromatic N) is 1. The van der Waals surface area contributed by atoms with Crippen molar-refractivity contribution in [1.82, 2.24) is 4.90 Å². The van der Waals surface area contributed by atoms with Gasteiger partial charge < -0.3 is 15.4 Å². The van der Waals surface area contributed by atoms with Crippen LogP contribution in [0.15, 0.2) is 18.2 Å². The Hall–Kier alpha value is -1.76. The molecule has 0 aliphatic rings. The molecular formula is C12H18N2O4S. The van der Waals surface area contributed by atoms with E-state index in [1.807, 2.05) is 0 Å². The topological polar surface area (TPSA) is 89.7 Å². The number of methoxy groups -OCH3 is 1. The Morgan fingerprint density at radius 1 is 1.42 bits per heavy atom. The van der Waals surface area contributed by atoms with Gasteiger partial charge in [0.05, 0.1) is 18.4 Å². The molecule has 0 heterocycles. The number of benzene rings is 1. The highest BCUT2D eigenvalue weighted by Gasteiger charge is 2.16. The molecule has 7 heteroatoms. The summed E-state index contributed by atoms with van der Waals surface area (Å²) >= 11 is 0. The molecule has 0 saturated carbocycles. The van der Waals surface area contributed by atoms with E-state index in [2.05, 4.69) is 0 Å². The average Bonchev–Trinajstić information content (AvgIpc) is 2.34. The molecule has 2 N–H and O–H groups in total. The molecular weight excluding hydrogens is 268 g/mol. The molecule has 1 aromatic carbocycles. The molecule has 0 fully saturated rings. The predicted octanol–water partition coefficient (Wildman–Crippen LogP) is 0.394. The first kappa shape index (κ1) is 15.3. The molecule has 0 aromatic heterocycles. The van der Waals surface area contributed by atoms with Gasteiger partial charge in [-0.1, -0.05) is 0 Å². The first-order valence-corrected chi connectivity index (χ1v) is 7.67. The van der Waals surface area contributed by atoms with Gasteiger partial charge in [0.25, 0.3) is 5.91 Å². The highest BCUT2D eigenvalue weighted by molar-refractivity contribution is 7.90. The Balaban J connectivity index is 2.82. The van der Waals surface area contributed by atoms with Crippen LogP contribution in [0.1, 0.15) is 10.4 Å². The number of hydrogen-bond donors (Lipinski definition) is 1. The highest BCUT2D eigenvalue weighted by atomic mass is 32.2. The summed E-state index contributed by atoms with van der Waals surface area (Å²) in [6.07, 6.45) is 1.13. The molecule has 0 bridgehead atoms. The lowest BCUT2D eigenvalue weighted by molar-refractivity contribution is 0.0804. The number of sulfone groups is 1. The summed E-state index contributed by atoms with van der Waals surface area (Å²) in [5, 5.41) is 0. The zero-order chi connectivity index (χ0) is 14.6. The summed E-state index contributed by atoms with van der Waals surface area (Å²) in [4.78, 5) is 13.4. The van der Waals surface area contributed by atoms with Crippen LogP contribution in [0.25, 0.3) is 0 Å². The number of carbonyl (C=O) groups excluding carboxylic acids is 1. The Kier molecular flexibility index (Phi) is 4.77. The van der Waals surface area contributed by atoms with E-state index in [1.54, 1.807) is 18.2 Å². The minimum absolute atomic E-state index is 0.0781. The van der Waals surface area contributed by atoms with E-state index >= 15 is 0 Å². The van der Waals surface area contributed by atoms with Crippen LogP contribution >= 0.6 is 0 Å². The first-order chi connectivity index (χ1) is 8.74. The SMILES string of the molecule is COc1ccc(C(=O)N(C)CCS(C)(=O)=O)c(N)c1. The van der Waals surface area contributed by atoms with E-state index in [1.165, 1.54) is 19.1 Å². The molecule has 0 atom stereocenters. The van der Waals surface area contributed by atoms with Crippen molar-refractivity contribution in [1.29, 1.82) is 0 Å². The van der Waals surface area contributed by atoms with Gasteiger partial charge in [-0.05, 0) is 12.1 Å². The Labute approximate surface area is 113 Å². The van der Waals surface area contributed by atoms with Gasteiger partial charge in [-0.25, -0.2) is 8.42 Å². The summed E-state index contributed by atoms with van der Waals surface area (Å²) in [5.74, 6) is 0.169. The van der Waals surface area contributed by atoms with Crippen LogP contribution in [0.3, 0.4) is 0 Å². The Morgan fingerprint density at radius 3 is 2.53 bits per heavy atom. The minimum Gasteiger partial charge on any atom is -0.497 e. The van der Waals surface area contributed by atoms with E-state index in [4.69, 9.17) is 10.5 Å². The van der Waals surface area contributed by atoms with Crippen LogP contribution in [0, 0.1) is 0 Å². The van der Waals surface area contributed by atoms with Crippen molar-refractivity contribution in [2.45, 2.75) is 0 Å². The van der Waals surface area contributed by atoms with Crippen molar-refractivity contribution in [3.63, 3.8) is 0 Å². The third-order valence-electron chi connectivity index (χ3n) is 2.63. The molecule has 6 nitrogen and oxygen atoms in total. The standard InChI is InChI=1S/C12H18N2O4S/c1-14(6-7-19(3,16)17)12(15)10-5-4-9(18-2)8-11(10)13/h4-5,8H,6-7,13H2,1-3H3. The smallest absolute Gasteiger partial charge is 0.255 e. The lowest BCUT2D eigenvalue weighted by Gasteiger charge is -2.18. The van der Waals surface area contributed by atoms with E-state index in [-0.39, 0.29) is 18.2 Å². The van der Waals surface area contributed by atoms with Crippen molar-refractivity contribution < 1.29 is 17.9 Å². The third-order valence-corrected chi connectivity index (χ3v) is 3.56. The van der Waals surface area contributed by atoms with Gasteiger partial charge in [0.1, 0.15) is 15.6 Å². The van der Waals surface area contributed by atoms with Crippen LogP contribution in [0.4, 0.5) is 5.69 Å². The van der Waals surface area contributed by atoms with Gasteiger partial charge in [0.2, 0.25) is 0 Å². The van der Waals surface area contributed by atoms with Crippen LogP contribution in [0.5, 0.6) is 5.75 Å². The number of anilines is 1. The Bertz CT molecular complexity index is 569. The second-order valence-corrected chi connectivity index (χ2v) is 6.57. The monoisotopic (exact) mass is 286 g/mol. The van der Waals surface area contributed by atoms with Crippen molar-refractivity contribution in [2.24, 2.45) is 0 Å². The molecule has 106 valence electrons. The lowest BCUT2D eigenvalue weighted by atomic mass is 10.1. The average molecular weight is 286 g/mol. The summed E-state index contributed by atoms with van der Waals surface area (Å²) in [6.45, 7) is 0.128. The van der Waals surface area contributed by atoms with Crippen molar-refractivity contribution in [2.75, 3.05) is 38.4 Å². The minimum atomic E-state index is -3.10. The van der Waals surface area contributed by atoms with Gasteiger partial charge in [0.15, 0.2) is 0 Å². The lowest BCUT2D eigenvalue weighted by Crippen LogP contribution is -2.31. The zero-order valence-corrected chi connectivity index (χ0v) is 12.0. The molecule has 1 aromatic rings. The van der Waals surface area contributed by atoms with Gasteiger partial charge in [-0.2, -0.15) is 0 Å². The fourth-order valence-electron chi connectivity index (χ4n) is 1.47. The maximum absolute atomic E-state index is 12.1. The summed E-state index contributed by atoms with van der Waals surface area (Å²) in [5.41, 5.74) is 6.40. The second-order valence-electron chi connectivity index (χ2n) is 4.31. The molecule has 0 aliphatic heterocycles. The molecule has 0 radical (unpaired) electrons. The number of carbonyl (C=O) groups is 1. The third kappa shape index (κ3) is 4.44. The summed E-state index contributed by atoms with van der Waals surface area (Å²) < 4.78 is 27.1. The Morgan fingerprint density at radius 2 is 2.05 bits per heavy atom. The fraction of sp³-hybridized carbons (Fsp3) is 0.417. The van der Waals surface area contributed by atoms with Gasteiger partial charge >= 0.3 is 0 Å². The van der Waals surface area contributed by atoms with Crippen molar-refractivity contribution >= 4 is 21.4 Å². The number of amides is 1. The molecule has 19 heavy (non-hydrogen) atoms. The van der Waals surface area contributed by atoms with E-state index < -0.39 is 9.84 Å². The summed E-state index contributed by atoms with van der Waals surface area (Å²) in [6, 6.07) is 4.75. The number of nitrogens with two attached hydrogens (primary N) is 1. The van der Waals surface area contributed by atoms with Crippen LogP contribution < -0.4 is 10.5 Å². The number of rotatable bonds is 5. The number of hydrogen-bond acceptors (Lipinski definition) is 5. The number of ether oxygens (including phenoxy) is 1. The van der Waals surface area contributed by atoms with Crippen molar-refractivity contribution in [3.05, 3.63) is 23.8 Å². The second kappa shape index (κ2) is 5.92. The molecule has 1 amide bonds. The maximum Gasteiger partial charge on any atom is 0.255 e. The predicted molar refractivity (Wildman–Crippen MR) is 74.1 cm³/mol. The van der Waals surface area contributed by atoms with Crippen LogP contribution in [0.2, 0.25) is 0 Å². The van der Waals surface area contributed by atoms with Gasteiger partial charge in [-0.3, -0.25) is 4.79 Å². The van der Waals surface area contributed by atoms with E-state index in [0.717, 1.165) is 6.26 Å². The number of nitrogen functional groups attached to an aromatic ring is 1. The molecule has 0 unspecified atom stereocenters. The molecule has 0 saturated heterocycles. The van der Waals surface area contributed by atoms with Crippen LogP contribution in [-0.4, -0.2) is 51.9 Å². The zero-order valence-electron chi connectivity index (χ0n) is 11.2. The first-order valence-electron chi connectivity index (χ1n) is 5.61. The molecule has 0 aliphatic carbocycles. The van der Waals surface area contributed by atoms with Crippen LogP contribution in [-0.2, 0) is 9.84 Å². The van der Waals surface area contributed by atoms with E-state index in [0.29, 0.717) is 17.0 Å². The summed E-state index contributed by atoms with van der Waals surface area (Å²) in [7, 11) is -0.0535. The fourth-order valence-corrected chi connectivity index (χ4v) is 2.08. The largest absolute Gasteiger partial charge is 0.497 e. The van der Waals surface area contributed by atoms with Gasteiger partial charge in [-0.15, -0.1) is 0 Å². The van der Waals surface area contributed by atoms with Gasteiger partial charge in [0, 0.05) is 31.6 Å². The molecule has 1 rings (SSSR count). The highest BCUT2D eigenvalue weighted by Crippen LogP contribution is 2.20. The molecule has 0 spiro atoms. The van der Waals surface area contributed by atoms with E-state index in [9.17, 15) is 13.2 Å².